The van der Waals surface area contributed by atoms with Crippen molar-refractivity contribution in [2.24, 2.45) is 5.41 Å². The molecular formula is C22H25F3N4O2. The van der Waals surface area contributed by atoms with Crippen LogP contribution in [0.2, 0.25) is 0 Å². The highest BCUT2D eigenvalue weighted by molar-refractivity contribution is 5.94. The van der Waals surface area contributed by atoms with Gasteiger partial charge in [0.2, 0.25) is 5.95 Å². The molecule has 0 radical (unpaired) electrons. The molecule has 6 nitrogen and oxygen atoms in total. The number of carbonyl (C=O) groups excluding carboxylic acids is 1. The molecule has 2 aromatic rings. The Morgan fingerprint density at radius 3 is 2.55 bits per heavy atom. The lowest BCUT2D eigenvalue weighted by molar-refractivity contribution is -0.137. The molecule has 1 aromatic heterocycles. The van der Waals surface area contributed by atoms with Crippen LogP contribution in [0, 0.1) is 5.41 Å². The summed E-state index contributed by atoms with van der Waals surface area (Å²) >= 11 is 0. The Kier molecular flexibility index (Phi) is 6.13. The number of benzene rings is 1. The Balaban J connectivity index is 1.24. The van der Waals surface area contributed by atoms with Gasteiger partial charge < -0.3 is 15.0 Å². The molecule has 1 aromatic carbocycles. The number of halogens is 3. The zero-order chi connectivity index (χ0) is 21.9. The number of ether oxygens (including phenoxy) is 1. The number of alkyl halides is 3. The van der Waals surface area contributed by atoms with Crippen molar-refractivity contribution in [3.63, 3.8) is 0 Å². The number of hydrogen-bond donors (Lipinski definition) is 1. The number of rotatable bonds is 4. The van der Waals surface area contributed by atoms with Crippen LogP contribution in [0.4, 0.5) is 19.1 Å². The van der Waals surface area contributed by atoms with E-state index in [-0.39, 0.29) is 23.6 Å². The first-order valence-electron chi connectivity index (χ1n) is 10.4. The van der Waals surface area contributed by atoms with Gasteiger partial charge in [0, 0.05) is 37.6 Å². The average Bonchev–Trinajstić information content (AvgIpc) is 2.79. The van der Waals surface area contributed by atoms with Crippen molar-refractivity contribution < 1.29 is 22.7 Å². The molecule has 1 amide bonds. The molecule has 2 aliphatic rings. The van der Waals surface area contributed by atoms with Crippen molar-refractivity contribution >= 4 is 11.9 Å². The lowest BCUT2D eigenvalue weighted by Gasteiger charge is -2.45. The highest BCUT2D eigenvalue weighted by Gasteiger charge is 2.39. The number of carbonyl (C=O) groups is 1. The summed E-state index contributed by atoms with van der Waals surface area (Å²) in [5.74, 6) is 0.232. The van der Waals surface area contributed by atoms with Crippen LogP contribution in [0.15, 0.2) is 42.7 Å². The molecule has 0 unspecified atom stereocenters. The van der Waals surface area contributed by atoms with E-state index in [1.807, 2.05) is 0 Å². The van der Waals surface area contributed by atoms with Crippen LogP contribution in [0.25, 0.3) is 0 Å². The van der Waals surface area contributed by atoms with E-state index in [2.05, 4.69) is 20.2 Å². The van der Waals surface area contributed by atoms with Crippen LogP contribution in [-0.4, -0.2) is 48.2 Å². The molecule has 2 saturated heterocycles. The molecule has 2 aliphatic heterocycles. The van der Waals surface area contributed by atoms with Crippen molar-refractivity contribution in [2.75, 3.05) is 31.1 Å². The lowest BCUT2D eigenvalue weighted by atomic mass is 9.73. The second-order valence-corrected chi connectivity index (χ2v) is 8.30. The van der Waals surface area contributed by atoms with Crippen molar-refractivity contribution in [1.29, 1.82) is 0 Å². The number of aromatic nitrogens is 2. The van der Waals surface area contributed by atoms with Crippen LogP contribution in [0.5, 0.6) is 0 Å². The summed E-state index contributed by atoms with van der Waals surface area (Å²) < 4.78 is 44.6. The molecule has 0 saturated carbocycles. The first-order chi connectivity index (χ1) is 14.8. The molecule has 4 rings (SSSR count). The van der Waals surface area contributed by atoms with Crippen molar-refractivity contribution in [1.82, 2.24) is 15.3 Å². The van der Waals surface area contributed by atoms with E-state index in [1.54, 1.807) is 18.5 Å². The van der Waals surface area contributed by atoms with E-state index in [0.717, 1.165) is 56.9 Å². The van der Waals surface area contributed by atoms with Gasteiger partial charge in [-0.15, -0.1) is 0 Å². The third kappa shape index (κ3) is 5.15. The van der Waals surface area contributed by atoms with Crippen LogP contribution >= 0.6 is 0 Å². The van der Waals surface area contributed by atoms with Gasteiger partial charge in [-0.1, -0.05) is 6.07 Å². The summed E-state index contributed by atoms with van der Waals surface area (Å²) in [7, 11) is 0. The first-order valence-corrected chi connectivity index (χ1v) is 10.4. The topological polar surface area (TPSA) is 67.4 Å². The third-order valence-corrected chi connectivity index (χ3v) is 6.22. The van der Waals surface area contributed by atoms with Gasteiger partial charge in [0.1, 0.15) is 0 Å². The summed E-state index contributed by atoms with van der Waals surface area (Å²) in [6, 6.07) is 6.25. The van der Waals surface area contributed by atoms with Crippen LogP contribution in [-0.2, 0) is 10.9 Å². The zero-order valence-corrected chi connectivity index (χ0v) is 17.1. The maximum atomic E-state index is 12.8. The number of anilines is 1. The summed E-state index contributed by atoms with van der Waals surface area (Å²) in [4.78, 5) is 23.1. The molecule has 1 atom stereocenters. The summed E-state index contributed by atoms with van der Waals surface area (Å²) in [6.45, 7) is 2.67. The van der Waals surface area contributed by atoms with E-state index in [1.165, 1.54) is 12.1 Å². The SMILES string of the molecule is O=C(NC[C@@H]1CCC2(CCN(c3ncccn3)CC2)CO1)c1cccc(C(F)(F)F)c1. The fourth-order valence-electron chi connectivity index (χ4n) is 4.25. The maximum absolute atomic E-state index is 12.8. The van der Waals surface area contributed by atoms with Crippen LogP contribution in [0.1, 0.15) is 41.6 Å². The van der Waals surface area contributed by atoms with Gasteiger partial charge in [-0.25, -0.2) is 9.97 Å². The number of amides is 1. The fourth-order valence-corrected chi connectivity index (χ4v) is 4.25. The van der Waals surface area contributed by atoms with E-state index in [0.29, 0.717) is 6.61 Å². The Hall–Kier alpha value is -2.68. The van der Waals surface area contributed by atoms with Gasteiger partial charge in [0.05, 0.1) is 18.3 Å². The van der Waals surface area contributed by atoms with Crippen molar-refractivity contribution in [3.8, 4) is 0 Å². The third-order valence-electron chi connectivity index (χ3n) is 6.22. The quantitative estimate of drug-likeness (QED) is 0.795. The van der Waals surface area contributed by atoms with Crippen molar-refractivity contribution in [2.45, 2.75) is 38.0 Å². The molecule has 1 N–H and O–H groups in total. The predicted octanol–water partition coefficient (Wildman–Crippen LogP) is 3.69. The van der Waals surface area contributed by atoms with Crippen LogP contribution in [0.3, 0.4) is 0 Å². The number of nitrogens with zero attached hydrogens (tertiary/aromatic N) is 3. The summed E-state index contributed by atoms with van der Waals surface area (Å²) in [6.07, 6.45) is 2.69. The molecule has 2 fully saturated rings. The summed E-state index contributed by atoms with van der Waals surface area (Å²) in [5, 5.41) is 2.71. The first kappa shape index (κ1) is 21.5. The molecule has 0 aliphatic carbocycles. The number of hydrogen-bond acceptors (Lipinski definition) is 5. The number of piperidine rings is 1. The van der Waals surface area contributed by atoms with E-state index >= 15 is 0 Å². The highest BCUT2D eigenvalue weighted by Crippen LogP contribution is 2.41. The van der Waals surface area contributed by atoms with Gasteiger partial charge >= 0.3 is 6.18 Å². The summed E-state index contributed by atoms with van der Waals surface area (Å²) in [5.41, 5.74) is -0.701. The number of nitrogens with one attached hydrogen (secondary N) is 1. The highest BCUT2D eigenvalue weighted by atomic mass is 19.4. The second kappa shape index (κ2) is 8.82. The van der Waals surface area contributed by atoms with Gasteiger partial charge in [-0.05, 0) is 55.4 Å². The normalized spacial score (nSPS) is 21.1. The Bertz CT molecular complexity index is 889. The van der Waals surface area contributed by atoms with Gasteiger partial charge in [-0.2, -0.15) is 13.2 Å². The van der Waals surface area contributed by atoms with E-state index in [4.69, 9.17) is 4.74 Å². The average molecular weight is 434 g/mol. The standard InChI is InChI=1S/C22H25F3N4O2/c23-22(24,25)17-4-1-3-16(13-17)19(30)28-14-18-5-6-21(15-31-18)7-11-29(12-8-21)20-26-9-2-10-27-20/h1-4,9-10,13,18H,5-8,11-12,14-15H2,(H,28,30)/t18-/m0/s1. The van der Waals surface area contributed by atoms with Gasteiger partial charge in [-0.3, -0.25) is 4.79 Å². The largest absolute Gasteiger partial charge is 0.416 e. The molecule has 3 heterocycles. The van der Waals surface area contributed by atoms with Gasteiger partial charge in [0.15, 0.2) is 0 Å². The second-order valence-electron chi connectivity index (χ2n) is 8.30. The fraction of sp³-hybridized carbons (Fsp3) is 0.500. The van der Waals surface area contributed by atoms with Crippen molar-refractivity contribution in [3.05, 3.63) is 53.9 Å². The predicted molar refractivity (Wildman–Crippen MR) is 109 cm³/mol. The molecule has 166 valence electrons. The molecular weight excluding hydrogens is 409 g/mol. The Morgan fingerprint density at radius 1 is 1.16 bits per heavy atom. The Morgan fingerprint density at radius 2 is 1.90 bits per heavy atom. The minimum atomic E-state index is -4.47. The van der Waals surface area contributed by atoms with Crippen LogP contribution < -0.4 is 10.2 Å². The lowest BCUT2D eigenvalue weighted by Crippen LogP contribution is -2.48. The molecule has 31 heavy (non-hydrogen) atoms. The zero-order valence-electron chi connectivity index (χ0n) is 17.1. The smallest absolute Gasteiger partial charge is 0.376 e. The molecule has 1 spiro atoms. The maximum Gasteiger partial charge on any atom is 0.416 e. The van der Waals surface area contributed by atoms with E-state index in [9.17, 15) is 18.0 Å². The minimum Gasteiger partial charge on any atom is -0.376 e. The molecule has 0 bridgehead atoms. The van der Waals surface area contributed by atoms with Gasteiger partial charge in [0.25, 0.3) is 5.91 Å². The monoisotopic (exact) mass is 434 g/mol. The Labute approximate surface area is 178 Å². The minimum absolute atomic E-state index is 0.00222. The molecule has 9 heteroatoms. The van der Waals surface area contributed by atoms with E-state index < -0.39 is 17.6 Å².